The third-order valence-electron chi connectivity index (χ3n) is 1.40. The van der Waals surface area contributed by atoms with Crippen molar-refractivity contribution in [2.45, 2.75) is 33.1 Å². The lowest BCUT2D eigenvalue weighted by Crippen LogP contribution is -2.12. The molecule has 4 heteroatoms. The minimum absolute atomic E-state index is 0.453. The van der Waals surface area contributed by atoms with Crippen LogP contribution in [0.1, 0.15) is 33.1 Å². The van der Waals surface area contributed by atoms with Crippen LogP contribution in [-0.2, 0) is 0 Å². The maximum Gasteiger partial charge on any atom is 0.104 e. The zero-order valence-electron chi connectivity index (χ0n) is 6.91. The Hall–Kier alpha value is -1.06. The molecule has 11 heavy (non-hydrogen) atoms. The van der Waals surface area contributed by atoms with Gasteiger partial charge in [-0.25, -0.2) is 0 Å². The van der Waals surface area contributed by atoms with E-state index in [2.05, 4.69) is 10.3 Å². The summed E-state index contributed by atoms with van der Waals surface area (Å²) in [5, 5.41) is 23.0. The molecule has 0 spiro atoms. The fourth-order valence-electron chi connectivity index (χ4n) is 0.821. The van der Waals surface area contributed by atoms with Gasteiger partial charge in [-0.3, -0.25) is 0 Å². The highest BCUT2D eigenvalue weighted by atomic mass is 16.4. The van der Waals surface area contributed by atoms with Gasteiger partial charge < -0.3 is 10.4 Å². The Balaban J connectivity index is 4.24. The van der Waals surface area contributed by atoms with Crippen molar-refractivity contribution in [3.8, 4) is 0 Å². The van der Waals surface area contributed by atoms with Crippen LogP contribution in [0.4, 0.5) is 0 Å². The summed E-state index contributed by atoms with van der Waals surface area (Å²) in [6.07, 6.45) is 2.10. The van der Waals surface area contributed by atoms with Crippen molar-refractivity contribution in [2.75, 3.05) is 0 Å². The molecule has 0 aromatic carbocycles. The van der Waals surface area contributed by atoms with Crippen molar-refractivity contribution < 1.29 is 10.4 Å². The van der Waals surface area contributed by atoms with E-state index >= 15 is 0 Å². The van der Waals surface area contributed by atoms with E-state index in [1.807, 2.05) is 13.8 Å². The molecule has 0 aromatic heterocycles. The average Bonchev–Trinajstić information content (AvgIpc) is 2.05. The number of oxime groups is 2. The smallest absolute Gasteiger partial charge is 0.104 e. The first kappa shape index (κ1) is 9.94. The van der Waals surface area contributed by atoms with Crippen LogP contribution in [0.25, 0.3) is 0 Å². The summed E-state index contributed by atoms with van der Waals surface area (Å²) in [5.41, 5.74) is 0.923. The second-order valence-corrected chi connectivity index (χ2v) is 2.20. The summed E-state index contributed by atoms with van der Waals surface area (Å²) in [6.45, 7) is 3.81. The monoisotopic (exact) mass is 158 g/mol. The van der Waals surface area contributed by atoms with Gasteiger partial charge in [0.2, 0.25) is 0 Å². The molecule has 0 unspecified atom stereocenters. The van der Waals surface area contributed by atoms with Crippen molar-refractivity contribution in [3.05, 3.63) is 0 Å². The van der Waals surface area contributed by atoms with Crippen molar-refractivity contribution >= 4 is 11.4 Å². The predicted molar refractivity (Wildman–Crippen MR) is 43.6 cm³/mol. The lowest BCUT2D eigenvalue weighted by atomic mass is 10.1. The Labute approximate surface area is 66.2 Å². The zero-order chi connectivity index (χ0) is 8.69. The Morgan fingerprint density at radius 1 is 1.09 bits per heavy atom. The van der Waals surface area contributed by atoms with E-state index in [-0.39, 0.29) is 0 Å². The molecule has 0 aliphatic carbocycles. The zero-order valence-corrected chi connectivity index (χ0v) is 6.91. The molecule has 0 aliphatic heterocycles. The van der Waals surface area contributed by atoms with Gasteiger partial charge >= 0.3 is 0 Å². The third-order valence-corrected chi connectivity index (χ3v) is 1.40. The van der Waals surface area contributed by atoms with Gasteiger partial charge in [0.15, 0.2) is 0 Å². The molecule has 0 saturated heterocycles. The Bertz CT molecular complexity index is 164. The van der Waals surface area contributed by atoms with E-state index < -0.39 is 0 Å². The Kier molecular flexibility index (Phi) is 5.15. The summed E-state index contributed by atoms with van der Waals surface area (Å²) in [4.78, 5) is 0. The molecule has 0 aliphatic rings. The molecule has 0 heterocycles. The van der Waals surface area contributed by atoms with Crippen LogP contribution in [0.5, 0.6) is 0 Å². The standard InChI is InChI=1S/C7H14N2O2/c1-3-5-7(9-11)6(4-2)8-10/h10-11H,3-5H2,1-2H3. The first-order valence-electron chi connectivity index (χ1n) is 3.72. The first-order valence-corrected chi connectivity index (χ1v) is 3.72. The number of hydrogen-bond donors (Lipinski definition) is 2. The first-order chi connectivity index (χ1) is 5.29. The molecule has 0 bridgehead atoms. The van der Waals surface area contributed by atoms with Crippen LogP contribution in [0.15, 0.2) is 10.3 Å². The highest BCUT2D eigenvalue weighted by Crippen LogP contribution is 1.98. The molecule has 0 atom stereocenters. The maximum absolute atomic E-state index is 8.49. The summed E-state index contributed by atoms with van der Waals surface area (Å²) < 4.78 is 0. The normalized spacial score (nSPS) is 13.6. The fourth-order valence-corrected chi connectivity index (χ4v) is 0.821. The maximum atomic E-state index is 8.49. The lowest BCUT2D eigenvalue weighted by Gasteiger charge is -2.00. The van der Waals surface area contributed by atoms with Gasteiger partial charge in [-0.05, 0) is 12.8 Å². The van der Waals surface area contributed by atoms with Crippen LogP contribution >= 0.6 is 0 Å². The third kappa shape index (κ3) is 3.02. The quantitative estimate of drug-likeness (QED) is 0.372. The van der Waals surface area contributed by atoms with Crippen molar-refractivity contribution in [1.29, 1.82) is 0 Å². The Morgan fingerprint density at radius 3 is 1.91 bits per heavy atom. The topological polar surface area (TPSA) is 65.2 Å². The van der Waals surface area contributed by atoms with Gasteiger partial charge in [0.25, 0.3) is 0 Å². The highest BCUT2D eigenvalue weighted by molar-refractivity contribution is 6.41. The molecule has 0 aromatic rings. The molecule has 0 saturated carbocycles. The number of nitrogens with zero attached hydrogens (tertiary/aromatic N) is 2. The molecule has 0 rings (SSSR count). The number of rotatable bonds is 4. The van der Waals surface area contributed by atoms with Crippen LogP contribution in [0.3, 0.4) is 0 Å². The summed E-state index contributed by atoms with van der Waals surface area (Å²) in [6, 6.07) is 0. The highest BCUT2D eigenvalue weighted by Gasteiger charge is 2.06. The van der Waals surface area contributed by atoms with E-state index in [0.717, 1.165) is 6.42 Å². The fraction of sp³-hybridized carbons (Fsp3) is 0.714. The van der Waals surface area contributed by atoms with E-state index in [1.165, 1.54) is 0 Å². The van der Waals surface area contributed by atoms with Crippen molar-refractivity contribution in [1.82, 2.24) is 0 Å². The summed E-state index contributed by atoms with van der Waals surface area (Å²) in [7, 11) is 0. The number of hydrogen-bond acceptors (Lipinski definition) is 4. The van der Waals surface area contributed by atoms with Crippen LogP contribution in [0, 0.1) is 0 Å². The molecule has 0 fully saturated rings. The molecule has 0 radical (unpaired) electrons. The molecule has 0 amide bonds. The SMILES string of the molecule is CCCC(=NO)C(CC)=NO. The van der Waals surface area contributed by atoms with E-state index in [4.69, 9.17) is 10.4 Å². The summed E-state index contributed by atoms with van der Waals surface area (Å²) >= 11 is 0. The van der Waals surface area contributed by atoms with E-state index in [9.17, 15) is 0 Å². The lowest BCUT2D eigenvalue weighted by molar-refractivity contribution is 0.312. The summed E-state index contributed by atoms with van der Waals surface area (Å²) in [5.74, 6) is 0. The average molecular weight is 158 g/mol. The van der Waals surface area contributed by atoms with Gasteiger partial charge in [-0.2, -0.15) is 0 Å². The van der Waals surface area contributed by atoms with Gasteiger partial charge in [0.05, 0.1) is 0 Å². The minimum Gasteiger partial charge on any atom is -0.411 e. The van der Waals surface area contributed by atoms with Crippen LogP contribution < -0.4 is 0 Å². The molecule has 4 nitrogen and oxygen atoms in total. The molecular formula is C7H14N2O2. The minimum atomic E-state index is 0.453. The molecular weight excluding hydrogens is 144 g/mol. The second kappa shape index (κ2) is 5.70. The van der Waals surface area contributed by atoms with Gasteiger partial charge in [0.1, 0.15) is 11.4 Å². The van der Waals surface area contributed by atoms with E-state index in [0.29, 0.717) is 24.3 Å². The molecule has 64 valence electrons. The van der Waals surface area contributed by atoms with Crippen LogP contribution in [-0.4, -0.2) is 21.8 Å². The van der Waals surface area contributed by atoms with E-state index in [1.54, 1.807) is 0 Å². The van der Waals surface area contributed by atoms with Gasteiger partial charge in [0, 0.05) is 0 Å². The predicted octanol–water partition coefficient (Wildman–Crippen LogP) is 1.86. The van der Waals surface area contributed by atoms with Gasteiger partial charge in [-0.1, -0.05) is 30.6 Å². The van der Waals surface area contributed by atoms with Crippen molar-refractivity contribution in [3.63, 3.8) is 0 Å². The largest absolute Gasteiger partial charge is 0.411 e. The Morgan fingerprint density at radius 2 is 1.64 bits per heavy atom. The molecule has 2 N–H and O–H groups in total. The van der Waals surface area contributed by atoms with Crippen molar-refractivity contribution in [2.24, 2.45) is 10.3 Å². The second-order valence-electron chi connectivity index (χ2n) is 2.20. The van der Waals surface area contributed by atoms with Crippen LogP contribution in [0.2, 0.25) is 0 Å². The van der Waals surface area contributed by atoms with Gasteiger partial charge in [-0.15, -0.1) is 0 Å².